The Morgan fingerprint density at radius 3 is 2.40 bits per heavy atom. The van der Waals surface area contributed by atoms with Crippen molar-refractivity contribution in [2.45, 2.75) is 42.8 Å². The summed E-state index contributed by atoms with van der Waals surface area (Å²) in [5.41, 5.74) is -1.66. The van der Waals surface area contributed by atoms with Gasteiger partial charge in [-0.05, 0) is 37.5 Å². The molecule has 0 radical (unpaired) electrons. The third-order valence-electron chi connectivity index (χ3n) is 6.09. The van der Waals surface area contributed by atoms with Crippen LogP contribution in [-0.4, -0.2) is 80.7 Å². The minimum absolute atomic E-state index is 0.0224. The number of piperidine rings is 1. The van der Waals surface area contributed by atoms with Gasteiger partial charge in [0.25, 0.3) is 5.91 Å². The van der Waals surface area contributed by atoms with E-state index < -0.39 is 75.4 Å². The van der Waals surface area contributed by atoms with Crippen molar-refractivity contribution >= 4 is 21.7 Å². The van der Waals surface area contributed by atoms with Gasteiger partial charge >= 0.3 is 12.4 Å². The summed E-state index contributed by atoms with van der Waals surface area (Å²) >= 11 is 0. The van der Waals surface area contributed by atoms with Crippen molar-refractivity contribution < 1.29 is 54.2 Å². The SMILES string of the molecule is CC(Oc1ccc(S(C)(=O)=O)cc1C(=O)N1CC2CC2(C(=O)NCC(O)C(F)(F)F)C1)C(F)(F)F. The molecule has 1 aromatic rings. The molecule has 1 aromatic carbocycles. The number of halogens is 6. The highest BCUT2D eigenvalue weighted by atomic mass is 32.2. The van der Waals surface area contributed by atoms with E-state index in [2.05, 4.69) is 0 Å². The maximum atomic E-state index is 13.2. The van der Waals surface area contributed by atoms with Gasteiger partial charge in [0, 0.05) is 19.3 Å². The second kappa shape index (κ2) is 8.84. The zero-order chi connectivity index (χ0) is 26.6. The van der Waals surface area contributed by atoms with Crippen molar-refractivity contribution in [3.05, 3.63) is 23.8 Å². The number of nitrogens with one attached hydrogen (secondary N) is 1. The second-order valence-corrected chi connectivity index (χ2v) is 10.8. The third kappa shape index (κ3) is 5.66. The highest BCUT2D eigenvalue weighted by Crippen LogP contribution is 2.58. The van der Waals surface area contributed by atoms with E-state index in [-0.39, 0.29) is 24.4 Å². The molecule has 3 rings (SSSR count). The lowest BCUT2D eigenvalue weighted by Gasteiger charge is -2.24. The number of likely N-dealkylation sites (tertiary alicyclic amines) is 1. The van der Waals surface area contributed by atoms with Gasteiger partial charge in [0.05, 0.1) is 22.4 Å². The fraction of sp³-hybridized carbons (Fsp3) is 0.600. The molecule has 15 heteroatoms. The summed E-state index contributed by atoms with van der Waals surface area (Å²) in [7, 11) is -3.84. The van der Waals surface area contributed by atoms with Gasteiger partial charge < -0.3 is 20.1 Å². The molecule has 196 valence electrons. The van der Waals surface area contributed by atoms with E-state index in [1.54, 1.807) is 0 Å². The number of benzene rings is 1. The minimum Gasteiger partial charge on any atom is -0.480 e. The Kier molecular flexibility index (Phi) is 6.83. The summed E-state index contributed by atoms with van der Waals surface area (Å²) in [5.74, 6) is -2.62. The van der Waals surface area contributed by atoms with Gasteiger partial charge in [-0.3, -0.25) is 9.59 Å². The molecule has 0 aromatic heterocycles. The van der Waals surface area contributed by atoms with Crippen molar-refractivity contribution in [3.63, 3.8) is 0 Å². The van der Waals surface area contributed by atoms with Gasteiger partial charge in [-0.25, -0.2) is 8.42 Å². The van der Waals surface area contributed by atoms with Crippen molar-refractivity contribution in [1.29, 1.82) is 0 Å². The molecule has 1 aliphatic carbocycles. The van der Waals surface area contributed by atoms with Crippen molar-refractivity contribution in [3.8, 4) is 5.75 Å². The van der Waals surface area contributed by atoms with Gasteiger partial charge in [0.1, 0.15) is 5.75 Å². The number of alkyl halides is 6. The molecule has 2 aliphatic rings. The third-order valence-corrected chi connectivity index (χ3v) is 7.20. The molecule has 0 spiro atoms. The van der Waals surface area contributed by atoms with E-state index in [1.807, 2.05) is 5.32 Å². The number of sulfone groups is 1. The van der Waals surface area contributed by atoms with Crippen LogP contribution in [0.3, 0.4) is 0 Å². The first-order valence-corrected chi connectivity index (χ1v) is 12.2. The first kappa shape index (κ1) is 27.0. The number of rotatable bonds is 7. The molecule has 1 saturated heterocycles. The molecule has 2 N–H and O–H groups in total. The van der Waals surface area contributed by atoms with Crippen LogP contribution in [0.4, 0.5) is 26.3 Å². The first-order valence-electron chi connectivity index (χ1n) is 10.3. The van der Waals surface area contributed by atoms with Crippen molar-refractivity contribution in [2.24, 2.45) is 11.3 Å². The number of hydrogen-bond acceptors (Lipinski definition) is 6. The number of aliphatic hydroxyl groups excluding tert-OH is 1. The van der Waals surface area contributed by atoms with Gasteiger partial charge in [-0.1, -0.05) is 0 Å². The number of fused-ring (bicyclic) bond motifs is 1. The molecular formula is C20H22F6N2O6S. The van der Waals surface area contributed by atoms with Gasteiger partial charge in [0.15, 0.2) is 22.0 Å². The van der Waals surface area contributed by atoms with E-state index in [4.69, 9.17) is 9.84 Å². The monoisotopic (exact) mass is 532 g/mol. The Labute approximate surface area is 196 Å². The maximum Gasteiger partial charge on any atom is 0.425 e. The van der Waals surface area contributed by atoms with E-state index in [1.165, 1.54) is 0 Å². The van der Waals surface area contributed by atoms with Crippen LogP contribution in [0.1, 0.15) is 23.7 Å². The number of amides is 2. The fourth-order valence-corrected chi connectivity index (χ4v) is 4.56. The molecule has 1 aliphatic heterocycles. The Morgan fingerprint density at radius 2 is 1.86 bits per heavy atom. The molecule has 4 unspecified atom stereocenters. The Bertz CT molecular complexity index is 1120. The summed E-state index contributed by atoms with van der Waals surface area (Å²) in [5, 5.41) is 11.1. The fourth-order valence-electron chi connectivity index (χ4n) is 3.91. The van der Waals surface area contributed by atoms with Crippen molar-refractivity contribution in [2.75, 3.05) is 25.9 Å². The predicted molar refractivity (Wildman–Crippen MR) is 107 cm³/mol. The smallest absolute Gasteiger partial charge is 0.425 e. The van der Waals surface area contributed by atoms with Gasteiger partial charge in [-0.15, -0.1) is 0 Å². The molecule has 35 heavy (non-hydrogen) atoms. The minimum atomic E-state index is -4.93. The predicted octanol–water partition coefficient (Wildman–Crippen LogP) is 1.92. The second-order valence-electron chi connectivity index (χ2n) is 8.74. The topological polar surface area (TPSA) is 113 Å². The summed E-state index contributed by atoms with van der Waals surface area (Å²) in [6, 6.07) is 2.81. The molecular weight excluding hydrogens is 510 g/mol. The molecule has 1 saturated carbocycles. The normalized spacial score (nSPS) is 23.9. The summed E-state index contributed by atoms with van der Waals surface area (Å²) in [6.45, 7) is -0.639. The largest absolute Gasteiger partial charge is 0.480 e. The first-order chi connectivity index (χ1) is 15.9. The van der Waals surface area contributed by atoms with Crippen molar-refractivity contribution in [1.82, 2.24) is 10.2 Å². The molecule has 0 bridgehead atoms. The number of hydrogen-bond donors (Lipinski definition) is 2. The molecule has 2 fully saturated rings. The zero-order valence-electron chi connectivity index (χ0n) is 18.4. The standard InChI is InChI=1S/C20H22F6N2O6S/c1-10(19(21,22)23)34-14-4-3-12(35(2,32)33)5-13(14)16(30)28-8-11-6-18(11,9-28)17(31)27-7-15(29)20(24,25)26/h3-5,10-11,15,29H,6-9H2,1-2H3,(H,27,31). The van der Waals surface area contributed by atoms with E-state index >= 15 is 0 Å². The van der Waals surface area contributed by atoms with Crippen LogP contribution in [0.15, 0.2) is 23.1 Å². The highest BCUT2D eigenvalue weighted by molar-refractivity contribution is 7.90. The van der Waals surface area contributed by atoms with Crippen LogP contribution in [0.25, 0.3) is 0 Å². The number of aliphatic hydroxyl groups is 1. The number of carbonyl (C=O) groups is 2. The van der Waals surface area contributed by atoms with E-state index in [9.17, 15) is 44.3 Å². The Balaban J connectivity index is 1.81. The van der Waals surface area contributed by atoms with Crippen LogP contribution < -0.4 is 10.1 Å². The van der Waals surface area contributed by atoms with Crippen LogP contribution in [0.5, 0.6) is 5.75 Å². The average molecular weight is 532 g/mol. The van der Waals surface area contributed by atoms with Crippen LogP contribution in [0, 0.1) is 11.3 Å². The summed E-state index contributed by atoms with van der Waals surface area (Å²) in [4.78, 5) is 26.4. The molecule has 4 atom stereocenters. The molecule has 8 nitrogen and oxygen atoms in total. The van der Waals surface area contributed by atoms with E-state index in [0.717, 1.165) is 29.4 Å². The van der Waals surface area contributed by atoms with E-state index in [0.29, 0.717) is 6.92 Å². The van der Waals surface area contributed by atoms with Crippen LogP contribution in [0.2, 0.25) is 0 Å². The summed E-state index contributed by atoms with van der Waals surface area (Å²) in [6.07, 6.45) is -13.7. The maximum absolute atomic E-state index is 13.2. The number of ether oxygens (including phenoxy) is 1. The quantitative estimate of drug-likeness (QED) is 0.519. The number of nitrogens with zero attached hydrogens (tertiary/aromatic N) is 1. The number of carbonyl (C=O) groups excluding carboxylic acids is 2. The van der Waals surface area contributed by atoms with Crippen LogP contribution in [-0.2, 0) is 14.6 Å². The summed E-state index contributed by atoms with van der Waals surface area (Å²) < 4.78 is 105. The van der Waals surface area contributed by atoms with Gasteiger partial charge in [0.2, 0.25) is 5.91 Å². The average Bonchev–Trinajstić information content (AvgIpc) is 3.30. The Morgan fingerprint density at radius 1 is 1.23 bits per heavy atom. The molecule has 2 amide bonds. The highest BCUT2D eigenvalue weighted by Gasteiger charge is 2.65. The van der Waals surface area contributed by atoms with Crippen LogP contribution >= 0.6 is 0 Å². The lowest BCUT2D eigenvalue weighted by Crippen LogP contribution is -2.45. The van der Waals surface area contributed by atoms with Gasteiger partial charge in [-0.2, -0.15) is 26.3 Å². The Hall–Kier alpha value is -2.55. The lowest BCUT2D eigenvalue weighted by molar-refractivity contribution is -0.202. The zero-order valence-corrected chi connectivity index (χ0v) is 19.2. The molecule has 1 heterocycles. The lowest BCUT2D eigenvalue weighted by atomic mass is 10.1.